The third-order valence-electron chi connectivity index (χ3n) is 5.44. The van der Waals surface area contributed by atoms with E-state index in [2.05, 4.69) is 52.3 Å². The van der Waals surface area contributed by atoms with Gasteiger partial charge in [-0.25, -0.2) is 0 Å². The molecule has 31 heavy (non-hydrogen) atoms. The Hall–Kier alpha value is -3.44. The van der Waals surface area contributed by atoms with Crippen LogP contribution in [-0.2, 0) is 4.79 Å². The Kier molecular flexibility index (Phi) is 6.43. The second-order valence-electron chi connectivity index (χ2n) is 7.93. The van der Waals surface area contributed by atoms with Crippen LogP contribution in [0.15, 0.2) is 78.9 Å². The van der Waals surface area contributed by atoms with Gasteiger partial charge in [-0.1, -0.05) is 66.7 Å². The number of amides is 2. The van der Waals surface area contributed by atoms with Crippen molar-refractivity contribution < 1.29 is 9.59 Å². The van der Waals surface area contributed by atoms with E-state index in [1.54, 1.807) is 18.2 Å². The molecule has 3 aromatic rings. The van der Waals surface area contributed by atoms with Gasteiger partial charge in [0.25, 0.3) is 5.91 Å². The van der Waals surface area contributed by atoms with Gasteiger partial charge in [0, 0.05) is 12.1 Å². The monoisotopic (exact) mass is 413 g/mol. The van der Waals surface area contributed by atoms with Crippen molar-refractivity contribution in [2.75, 3.05) is 11.9 Å². The molecule has 5 heteroatoms. The molecule has 4 rings (SSSR count). The molecule has 0 aromatic heterocycles. The summed E-state index contributed by atoms with van der Waals surface area (Å²) in [6, 6.07) is 26.0. The minimum Gasteiger partial charge on any atom is -0.349 e. The number of benzene rings is 3. The summed E-state index contributed by atoms with van der Waals surface area (Å²) < 4.78 is 0. The standard InChI is InChI=1S/C26H27N3O2/c1-18(19-11-13-21(14-12-19)20-7-3-2-4-8-20)27-17-25(30)29-24-10-6-5-9-23(24)26(31)28-22-15-16-22/h2-14,18,22,27H,15-17H2,1H3,(H,28,31)(H,29,30)/t18-/m1/s1. The molecule has 1 aliphatic carbocycles. The highest BCUT2D eigenvalue weighted by Gasteiger charge is 2.25. The molecule has 0 radical (unpaired) electrons. The lowest BCUT2D eigenvalue weighted by Crippen LogP contribution is -2.31. The second kappa shape index (κ2) is 9.58. The lowest BCUT2D eigenvalue weighted by molar-refractivity contribution is -0.115. The Morgan fingerprint density at radius 3 is 2.23 bits per heavy atom. The van der Waals surface area contributed by atoms with E-state index in [0.29, 0.717) is 11.3 Å². The number of rotatable bonds is 8. The first-order chi connectivity index (χ1) is 15.1. The van der Waals surface area contributed by atoms with Crippen molar-refractivity contribution in [1.82, 2.24) is 10.6 Å². The lowest BCUT2D eigenvalue weighted by Gasteiger charge is -2.16. The zero-order chi connectivity index (χ0) is 21.6. The summed E-state index contributed by atoms with van der Waals surface area (Å²) in [5.41, 5.74) is 4.48. The van der Waals surface area contributed by atoms with Crippen LogP contribution in [0.1, 0.15) is 41.7 Å². The van der Waals surface area contributed by atoms with Crippen molar-refractivity contribution in [3.63, 3.8) is 0 Å². The molecule has 1 atom stereocenters. The molecule has 0 spiro atoms. The maximum absolute atomic E-state index is 12.5. The van der Waals surface area contributed by atoms with Gasteiger partial charge in [-0.05, 0) is 48.6 Å². The van der Waals surface area contributed by atoms with Gasteiger partial charge in [-0.2, -0.15) is 0 Å². The van der Waals surface area contributed by atoms with Gasteiger partial charge in [-0.3, -0.25) is 9.59 Å². The maximum Gasteiger partial charge on any atom is 0.253 e. The minimum absolute atomic E-state index is 0.0176. The fourth-order valence-electron chi connectivity index (χ4n) is 3.43. The molecule has 3 N–H and O–H groups in total. The third-order valence-corrected chi connectivity index (χ3v) is 5.44. The number of carbonyl (C=O) groups is 2. The average Bonchev–Trinajstić information content (AvgIpc) is 3.62. The molecule has 0 bridgehead atoms. The summed E-state index contributed by atoms with van der Waals surface area (Å²) >= 11 is 0. The van der Waals surface area contributed by atoms with Crippen LogP contribution in [0, 0.1) is 0 Å². The summed E-state index contributed by atoms with van der Waals surface area (Å²) in [6.45, 7) is 2.18. The summed E-state index contributed by atoms with van der Waals surface area (Å²) in [4.78, 5) is 24.9. The Morgan fingerprint density at radius 1 is 0.871 bits per heavy atom. The molecule has 3 aromatic carbocycles. The molecule has 1 fully saturated rings. The lowest BCUT2D eigenvalue weighted by atomic mass is 10.0. The van der Waals surface area contributed by atoms with Crippen LogP contribution in [0.4, 0.5) is 5.69 Å². The molecule has 2 amide bonds. The number of hydrogen-bond acceptors (Lipinski definition) is 3. The van der Waals surface area contributed by atoms with E-state index in [-0.39, 0.29) is 30.4 Å². The van der Waals surface area contributed by atoms with Gasteiger partial charge in [0.1, 0.15) is 0 Å². The van der Waals surface area contributed by atoms with Gasteiger partial charge < -0.3 is 16.0 Å². The zero-order valence-corrected chi connectivity index (χ0v) is 17.6. The number of hydrogen-bond donors (Lipinski definition) is 3. The number of carbonyl (C=O) groups excluding carboxylic acids is 2. The van der Waals surface area contributed by atoms with E-state index >= 15 is 0 Å². The molecule has 0 unspecified atom stereocenters. The molecule has 5 nitrogen and oxygen atoms in total. The van der Waals surface area contributed by atoms with Crippen molar-refractivity contribution in [3.8, 4) is 11.1 Å². The summed E-state index contributed by atoms with van der Waals surface area (Å²) in [5.74, 6) is -0.322. The Balaban J connectivity index is 1.32. The van der Waals surface area contributed by atoms with Crippen molar-refractivity contribution >= 4 is 17.5 Å². The Labute approximate surface area is 182 Å². The Morgan fingerprint density at radius 2 is 1.52 bits per heavy atom. The van der Waals surface area contributed by atoms with Crippen molar-refractivity contribution in [2.24, 2.45) is 0 Å². The first-order valence-electron chi connectivity index (χ1n) is 10.7. The largest absolute Gasteiger partial charge is 0.349 e. The van der Waals surface area contributed by atoms with Gasteiger partial charge in [0.15, 0.2) is 0 Å². The van der Waals surface area contributed by atoms with Gasteiger partial charge in [0.2, 0.25) is 5.91 Å². The summed E-state index contributed by atoms with van der Waals surface area (Å²) in [7, 11) is 0. The molecular weight excluding hydrogens is 386 g/mol. The van der Waals surface area contributed by atoms with Gasteiger partial charge in [0.05, 0.1) is 17.8 Å². The van der Waals surface area contributed by atoms with Crippen molar-refractivity contribution in [1.29, 1.82) is 0 Å². The normalized spacial score (nSPS) is 14.0. The zero-order valence-electron chi connectivity index (χ0n) is 17.6. The highest BCUT2D eigenvalue weighted by molar-refractivity contribution is 6.04. The third kappa shape index (κ3) is 5.58. The van der Waals surface area contributed by atoms with Crippen molar-refractivity contribution in [2.45, 2.75) is 31.8 Å². The SMILES string of the molecule is C[C@@H](NCC(=O)Nc1ccccc1C(=O)NC1CC1)c1ccc(-c2ccccc2)cc1. The molecular formula is C26H27N3O2. The fraction of sp³-hybridized carbons (Fsp3) is 0.231. The maximum atomic E-state index is 12.5. The highest BCUT2D eigenvalue weighted by Crippen LogP contribution is 2.23. The number of anilines is 1. The minimum atomic E-state index is -0.181. The van der Waals surface area contributed by atoms with Gasteiger partial charge in [-0.15, -0.1) is 0 Å². The highest BCUT2D eigenvalue weighted by atomic mass is 16.2. The van der Waals surface area contributed by atoms with Crippen LogP contribution in [0.25, 0.3) is 11.1 Å². The molecule has 0 aliphatic heterocycles. The topological polar surface area (TPSA) is 70.2 Å². The van der Waals surface area contributed by atoms with Crippen LogP contribution in [0.5, 0.6) is 0 Å². The van der Waals surface area contributed by atoms with E-state index < -0.39 is 0 Å². The van der Waals surface area contributed by atoms with E-state index in [1.165, 1.54) is 5.56 Å². The van der Waals surface area contributed by atoms with Crippen LogP contribution >= 0.6 is 0 Å². The summed E-state index contributed by atoms with van der Waals surface area (Å²) in [5, 5.41) is 9.08. The first-order valence-corrected chi connectivity index (χ1v) is 10.7. The Bertz CT molecular complexity index is 1040. The van der Waals surface area contributed by atoms with E-state index in [1.807, 2.05) is 31.2 Å². The van der Waals surface area contributed by atoms with Crippen LogP contribution < -0.4 is 16.0 Å². The predicted molar refractivity (Wildman–Crippen MR) is 124 cm³/mol. The van der Waals surface area contributed by atoms with E-state index in [4.69, 9.17) is 0 Å². The average molecular weight is 414 g/mol. The molecule has 1 saturated carbocycles. The first kappa shape index (κ1) is 20.8. The van der Waals surface area contributed by atoms with E-state index in [9.17, 15) is 9.59 Å². The van der Waals surface area contributed by atoms with Crippen LogP contribution in [-0.4, -0.2) is 24.4 Å². The fourth-order valence-corrected chi connectivity index (χ4v) is 3.43. The number of nitrogens with one attached hydrogen (secondary N) is 3. The quantitative estimate of drug-likeness (QED) is 0.508. The smallest absolute Gasteiger partial charge is 0.253 e. The van der Waals surface area contributed by atoms with Crippen LogP contribution in [0.3, 0.4) is 0 Å². The number of para-hydroxylation sites is 1. The molecule has 0 heterocycles. The summed E-state index contributed by atoms with van der Waals surface area (Å²) in [6.07, 6.45) is 2.04. The second-order valence-corrected chi connectivity index (χ2v) is 7.93. The van der Waals surface area contributed by atoms with E-state index in [0.717, 1.165) is 24.0 Å². The molecule has 158 valence electrons. The molecule has 0 saturated heterocycles. The van der Waals surface area contributed by atoms with Gasteiger partial charge >= 0.3 is 0 Å². The van der Waals surface area contributed by atoms with Crippen molar-refractivity contribution in [3.05, 3.63) is 90.0 Å². The predicted octanol–water partition coefficient (Wildman–Crippen LogP) is 4.54. The molecule has 1 aliphatic rings. The van der Waals surface area contributed by atoms with Crippen LogP contribution in [0.2, 0.25) is 0 Å².